The number of carbonyl (C=O) groups is 1. The van der Waals surface area contributed by atoms with E-state index in [1.54, 1.807) is 0 Å². The largest absolute Gasteiger partial charge is 0.450 e. The average Bonchev–Trinajstić information content (AvgIpc) is 3.09. The summed E-state index contributed by atoms with van der Waals surface area (Å²) in [5, 5.41) is 3.73. The number of imidazole rings is 1. The van der Waals surface area contributed by atoms with E-state index in [1.165, 1.54) is 0 Å². The van der Waals surface area contributed by atoms with Crippen LogP contribution in [0.5, 0.6) is 0 Å². The molecule has 0 saturated heterocycles. The SMILES string of the molecule is Cc1c(C(=O)Nc2nc3ccccc3[nH]2)oc2c(C)cccc12. The van der Waals surface area contributed by atoms with Gasteiger partial charge in [-0.15, -0.1) is 0 Å². The van der Waals surface area contributed by atoms with Gasteiger partial charge in [-0.25, -0.2) is 4.98 Å². The molecule has 0 spiro atoms. The number of rotatable bonds is 2. The van der Waals surface area contributed by atoms with E-state index in [2.05, 4.69) is 15.3 Å². The van der Waals surface area contributed by atoms with Crippen LogP contribution in [0.3, 0.4) is 0 Å². The van der Waals surface area contributed by atoms with Crippen LogP contribution in [0.2, 0.25) is 0 Å². The third-order valence-electron chi connectivity index (χ3n) is 3.99. The molecule has 0 fully saturated rings. The Kier molecular flexibility index (Phi) is 2.94. The van der Waals surface area contributed by atoms with Crippen molar-refractivity contribution in [3.05, 3.63) is 59.4 Å². The molecule has 4 aromatic rings. The first-order valence-corrected chi connectivity index (χ1v) is 7.38. The zero-order chi connectivity index (χ0) is 16.0. The molecule has 0 aliphatic heterocycles. The van der Waals surface area contributed by atoms with Gasteiger partial charge in [0.05, 0.1) is 11.0 Å². The molecule has 5 nitrogen and oxygen atoms in total. The summed E-state index contributed by atoms with van der Waals surface area (Å²) in [6, 6.07) is 13.5. The highest BCUT2D eigenvalue weighted by Gasteiger charge is 2.19. The number of fused-ring (bicyclic) bond motifs is 2. The van der Waals surface area contributed by atoms with Crippen LogP contribution in [0, 0.1) is 13.8 Å². The van der Waals surface area contributed by atoms with Gasteiger partial charge in [0.1, 0.15) is 5.58 Å². The Morgan fingerprint density at radius 2 is 1.96 bits per heavy atom. The molecule has 0 saturated carbocycles. The smallest absolute Gasteiger partial charge is 0.293 e. The Hall–Kier alpha value is -3.08. The van der Waals surface area contributed by atoms with Gasteiger partial charge in [-0.05, 0) is 31.5 Å². The molecular formula is C18H15N3O2. The molecule has 4 rings (SSSR count). The monoisotopic (exact) mass is 305 g/mol. The highest BCUT2D eigenvalue weighted by Crippen LogP contribution is 2.28. The molecule has 114 valence electrons. The van der Waals surface area contributed by atoms with Crippen molar-refractivity contribution in [1.82, 2.24) is 9.97 Å². The van der Waals surface area contributed by atoms with Crippen LogP contribution in [0.4, 0.5) is 5.95 Å². The molecule has 2 aromatic carbocycles. The van der Waals surface area contributed by atoms with Crippen LogP contribution in [-0.4, -0.2) is 15.9 Å². The predicted molar refractivity (Wildman–Crippen MR) is 89.7 cm³/mol. The van der Waals surface area contributed by atoms with Crippen LogP contribution >= 0.6 is 0 Å². The second-order valence-corrected chi connectivity index (χ2v) is 5.56. The van der Waals surface area contributed by atoms with Gasteiger partial charge in [-0.2, -0.15) is 0 Å². The Bertz CT molecular complexity index is 1010. The second-order valence-electron chi connectivity index (χ2n) is 5.56. The van der Waals surface area contributed by atoms with Crippen LogP contribution in [0.1, 0.15) is 21.7 Å². The maximum atomic E-state index is 12.5. The van der Waals surface area contributed by atoms with Crippen molar-refractivity contribution in [2.75, 3.05) is 5.32 Å². The van der Waals surface area contributed by atoms with Crippen molar-refractivity contribution in [2.24, 2.45) is 0 Å². The van der Waals surface area contributed by atoms with Crippen LogP contribution in [0.15, 0.2) is 46.9 Å². The molecule has 0 aliphatic carbocycles. The Balaban J connectivity index is 1.71. The van der Waals surface area contributed by atoms with Crippen molar-refractivity contribution < 1.29 is 9.21 Å². The molecule has 0 unspecified atom stereocenters. The lowest BCUT2D eigenvalue weighted by Gasteiger charge is -1.99. The van der Waals surface area contributed by atoms with Crippen molar-refractivity contribution in [3.63, 3.8) is 0 Å². The van der Waals surface area contributed by atoms with E-state index in [0.29, 0.717) is 11.7 Å². The third-order valence-corrected chi connectivity index (χ3v) is 3.99. The standard InChI is InChI=1S/C18H15N3O2/c1-10-6-5-7-12-11(2)16(23-15(10)12)17(22)21-18-19-13-8-3-4-9-14(13)20-18/h3-9H,1-2H3,(H2,19,20,21,22). The van der Waals surface area contributed by atoms with Gasteiger partial charge in [0.15, 0.2) is 5.76 Å². The number of aromatic nitrogens is 2. The van der Waals surface area contributed by atoms with Crippen molar-refractivity contribution in [2.45, 2.75) is 13.8 Å². The molecule has 0 radical (unpaired) electrons. The van der Waals surface area contributed by atoms with Crippen LogP contribution in [-0.2, 0) is 0 Å². The summed E-state index contributed by atoms with van der Waals surface area (Å²) in [5.41, 5.74) is 4.27. The van der Waals surface area contributed by atoms with Gasteiger partial charge in [0, 0.05) is 10.9 Å². The molecule has 1 amide bonds. The minimum atomic E-state index is -0.308. The number of nitrogens with zero attached hydrogens (tertiary/aromatic N) is 1. The highest BCUT2D eigenvalue weighted by molar-refractivity contribution is 6.06. The number of nitrogens with one attached hydrogen (secondary N) is 2. The van der Waals surface area contributed by atoms with E-state index >= 15 is 0 Å². The molecule has 23 heavy (non-hydrogen) atoms. The molecule has 2 aromatic heterocycles. The number of hydrogen-bond acceptors (Lipinski definition) is 3. The summed E-state index contributed by atoms with van der Waals surface area (Å²) in [6.45, 7) is 3.85. The summed E-state index contributed by atoms with van der Waals surface area (Å²) in [6.07, 6.45) is 0. The van der Waals surface area contributed by atoms with Gasteiger partial charge in [0.2, 0.25) is 5.95 Å². The van der Waals surface area contributed by atoms with Crippen molar-refractivity contribution in [3.8, 4) is 0 Å². The summed E-state index contributed by atoms with van der Waals surface area (Å²) in [4.78, 5) is 20.0. The number of aromatic amines is 1. The second kappa shape index (κ2) is 4.98. The van der Waals surface area contributed by atoms with Crippen molar-refractivity contribution >= 4 is 33.9 Å². The Labute approximate surface area is 132 Å². The van der Waals surface area contributed by atoms with E-state index in [9.17, 15) is 4.79 Å². The minimum Gasteiger partial charge on any atom is -0.450 e. The molecule has 0 aliphatic rings. The number of carbonyl (C=O) groups excluding carboxylic acids is 1. The molecule has 2 N–H and O–H groups in total. The number of furan rings is 1. The van der Waals surface area contributed by atoms with E-state index in [4.69, 9.17) is 4.42 Å². The normalized spacial score (nSPS) is 11.2. The van der Waals surface area contributed by atoms with Gasteiger partial charge >= 0.3 is 0 Å². The number of amides is 1. The number of aryl methyl sites for hydroxylation is 2. The Morgan fingerprint density at radius 3 is 2.74 bits per heavy atom. The summed E-state index contributed by atoms with van der Waals surface area (Å²) in [7, 11) is 0. The maximum Gasteiger partial charge on any atom is 0.293 e. The maximum absolute atomic E-state index is 12.5. The first kappa shape index (κ1) is 13.6. The van der Waals surface area contributed by atoms with Crippen LogP contribution < -0.4 is 5.32 Å². The fourth-order valence-electron chi connectivity index (χ4n) is 2.78. The lowest BCUT2D eigenvalue weighted by molar-refractivity contribution is 0.0997. The van der Waals surface area contributed by atoms with E-state index in [1.807, 2.05) is 56.3 Å². The molecule has 0 atom stereocenters. The number of benzene rings is 2. The fourth-order valence-corrected chi connectivity index (χ4v) is 2.78. The van der Waals surface area contributed by atoms with E-state index < -0.39 is 0 Å². The third kappa shape index (κ3) is 2.17. The number of H-pyrrole nitrogens is 1. The van der Waals surface area contributed by atoms with Gasteiger partial charge in [-0.3, -0.25) is 10.1 Å². The van der Waals surface area contributed by atoms with Gasteiger partial charge < -0.3 is 9.40 Å². The lowest BCUT2D eigenvalue weighted by Crippen LogP contribution is -2.13. The van der Waals surface area contributed by atoms with Crippen LogP contribution in [0.25, 0.3) is 22.0 Å². The number of hydrogen-bond donors (Lipinski definition) is 2. The first-order valence-electron chi connectivity index (χ1n) is 7.38. The average molecular weight is 305 g/mol. The highest BCUT2D eigenvalue weighted by atomic mass is 16.3. The molecular weight excluding hydrogens is 290 g/mol. The predicted octanol–water partition coefficient (Wildman–Crippen LogP) is 4.18. The minimum absolute atomic E-state index is 0.308. The van der Waals surface area contributed by atoms with E-state index in [0.717, 1.165) is 33.1 Å². The zero-order valence-electron chi connectivity index (χ0n) is 12.8. The first-order chi connectivity index (χ1) is 11.1. The van der Waals surface area contributed by atoms with Gasteiger partial charge in [0.25, 0.3) is 5.91 Å². The topological polar surface area (TPSA) is 70.9 Å². The molecule has 5 heteroatoms. The molecule has 2 heterocycles. The lowest BCUT2D eigenvalue weighted by atomic mass is 10.1. The zero-order valence-corrected chi connectivity index (χ0v) is 12.8. The Morgan fingerprint density at radius 1 is 1.13 bits per heavy atom. The molecule has 0 bridgehead atoms. The summed E-state index contributed by atoms with van der Waals surface area (Å²) < 4.78 is 5.78. The quantitative estimate of drug-likeness (QED) is 0.583. The summed E-state index contributed by atoms with van der Waals surface area (Å²) in [5.74, 6) is 0.416. The summed E-state index contributed by atoms with van der Waals surface area (Å²) >= 11 is 0. The van der Waals surface area contributed by atoms with Crippen molar-refractivity contribution in [1.29, 1.82) is 0 Å². The van der Waals surface area contributed by atoms with E-state index in [-0.39, 0.29) is 5.91 Å². The number of para-hydroxylation sites is 3. The fraction of sp³-hybridized carbons (Fsp3) is 0.111. The van der Waals surface area contributed by atoms with Gasteiger partial charge in [-0.1, -0.05) is 30.3 Å². The number of anilines is 1.